The van der Waals surface area contributed by atoms with Crippen LogP contribution >= 0.6 is 27.3 Å². The Hall–Kier alpha value is -0.640. The lowest BCUT2D eigenvalue weighted by Gasteiger charge is -2.14. The van der Waals surface area contributed by atoms with Crippen molar-refractivity contribution in [2.45, 2.75) is 33.4 Å². The molecular formula is C15H18BrNS. The summed E-state index contributed by atoms with van der Waals surface area (Å²) in [6, 6.07) is 11.2. The van der Waals surface area contributed by atoms with Crippen molar-refractivity contribution in [2.75, 3.05) is 0 Å². The van der Waals surface area contributed by atoms with Crippen molar-refractivity contribution in [1.82, 2.24) is 5.32 Å². The topological polar surface area (TPSA) is 12.0 Å². The molecule has 0 amide bonds. The Morgan fingerprint density at radius 2 is 1.89 bits per heavy atom. The third-order valence-corrected chi connectivity index (χ3v) is 4.65. The van der Waals surface area contributed by atoms with Crippen molar-refractivity contribution in [3.05, 3.63) is 55.7 Å². The first-order valence-corrected chi connectivity index (χ1v) is 7.72. The third kappa shape index (κ3) is 3.44. The quantitative estimate of drug-likeness (QED) is 0.836. The van der Waals surface area contributed by atoms with Gasteiger partial charge in [-0.05, 0) is 50.1 Å². The molecule has 0 spiro atoms. The van der Waals surface area contributed by atoms with Crippen LogP contribution in [0.4, 0.5) is 0 Å². The van der Waals surface area contributed by atoms with E-state index in [0.717, 1.165) is 11.0 Å². The molecule has 0 fully saturated rings. The molecule has 0 aliphatic carbocycles. The zero-order valence-electron chi connectivity index (χ0n) is 11.0. The molecule has 1 N–H and O–H groups in total. The molecular weight excluding hydrogens is 306 g/mol. The summed E-state index contributed by atoms with van der Waals surface area (Å²) in [5, 5.41) is 3.58. The molecule has 18 heavy (non-hydrogen) atoms. The maximum atomic E-state index is 3.58. The number of thiophene rings is 1. The molecule has 1 atom stereocenters. The van der Waals surface area contributed by atoms with Crippen LogP contribution in [0.25, 0.3) is 0 Å². The molecule has 0 saturated heterocycles. The fraction of sp³-hybridized carbons (Fsp3) is 0.333. The lowest BCUT2D eigenvalue weighted by Crippen LogP contribution is -2.18. The minimum Gasteiger partial charge on any atom is -0.306 e. The van der Waals surface area contributed by atoms with Gasteiger partial charge in [-0.15, -0.1) is 11.3 Å². The van der Waals surface area contributed by atoms with Crippen LogP contribution in [0.3, 0.4) is 0 Å². The first-order valence-electron chi connectivity index (χ1n) is 6.11. The molecule has 96 valence electrons. The summed E-state index contributed by atoms with van der Waals surface area (Å²) < 4.78 is 1.13. The number of benzene rings is 1. The van der Waals surface area contributed by atoms with Crippen LogP contribution < -0.4 is 5.32 Å². The van der Waals surface area contributed by atoms with E-state index in [0.29, 0.717) is 6.04 Å². The molecule has 1 nitrogen and oxygen atoms in total. The van der Waals surface area contributed by atoms with E-state index >= 15 is 0 Å². The molecule has 0 aliphatic heterocycles. The summed E-state index contributed by atoms with van der Waals surface area (Å²) >= 11 is 5.34. The number of hydrogen-bond acceptors (Lipinski definition) is 2. The first-order chi connectivity index (χ1) is 8.56. The van der Waals surface area contributed by atoms with Gasteiger partial charge in [0.05, 0.1) is 0 Å². The van der Waals surface area contributed by atoms with Crippen LogP contribution in [0, 0.1) is 13.8 Å². The zero-order valence-corrected chi connectivity index (χ0v) is 13.4. The van der Waals surface area contributed by atoms with Crippen LogP contribution in [0.1, 0.15) is 33.8 Å². The van der Waals surface area contributed by atoms with Gasteiger partial charge in [-0.1, -0.05) is 28.1 Å². The van der Waals surface area contributed by atoms with E-state index in [9.17, 15) is 0 Å². The van der Waals surface area contributed by atoms with Gasteiger partial charge in [0, 0.05) is 26.8 Å². The molecule has 2 aromatic rings. The smallest absolute Gasteiger partial charge is 0.0294 e. The number of hydrogen-bond donors (Lipinski definition) is 1. The maximum absolute atomic E-state index is 3.58. The van der Waals surface area contributed by atoms with Gasteiger partial charge in [0.2, 0.25) is 0 Å². The second-order valence-corrected chi connectivity index (χ2v) is 6.97. The molecule has 1 aromatic heterocycles. The fourth-order valence-electron chi connectivity index (χ4n) is 1.99. The maximum Gasteiger partial charge on any atom is 0.0294 e. The monoisotopic (exact) mass is 323 g/mol. The lowest BCUT2D eigenvalue weighted by atomic mass is 10.1. The van der Waals surface area contributed by atoms with E-state index in [1.165, 1.54) is 20.9 Å². The largest absolute Gasteiger partial charge is 0.306 e. The van der Waals surface area contributed by atoms with E-state index in [1.807, 2.05) is 11.3 Å². The van der Waals surface area contributed by atoms with E-state index in [2.05, 4.69) is 72.3 Å². The van der Waals surface area contributed by atoms with E-state index in [-0.39, 0.29) is 0 Å². The summed E-state index contributed by atoms with van der Waals surface area (Å²) in [7, 11) is 0. The second kappa shape index (κ2) is 6.00. The standard InChI is InChI=1S/C15H18BrNS/c1-10-8-14(12(3)18-10)9-17-11(2)13-4-6-15(16)7-5-13/h4-8,11,17H,9H2,1-3H3. The van der Waals surface area contributed by atoms with E-state index in [4.69, 9.17) is 0 Å². The molecule has 1 unspecified atom stereocenters. The van der Waals surface area contributed by atoms with Gasteiger partial charge in [-0.2, -0.15) is 0 Å². The van der Waals surface area contributed by atoms with Crippen molar-refractivity contribution >= 4 is 27.3 Å². The summed E-state index contributed by atoms with van der Waals surface area (Å²) in [5.41, 5.74) is 2.74. The normalized spacial score (nSPS) is 12.7. The van der Waals surface area contributed by atoms with Gasteiger partial charge < -0.3 is 5.32 Å². The van der Waals surface area contributed by atoms with Gasteiger partial charge in [0.15, 0.2) is 0 Å². The van der Waals surface area contributed by atoms with Gasteiger partial charge >= 0.3 is 0 Å². The lowest BCUT2D eigenvalue weighted by molar-refractivity contribution is 0.574. The van der Waals surface area contributed by atoms with Gasteiger partial charge in [0.1, 0.15) is 0 Å². The molecule has 1 aromatic carbocycles. The van der Waals surface area contributed by atoms with Crippen LogP contribution in [-0.4, -0.2) is 0 Å². The van der Waals surface area contributed by atoms with Crippen LogP contribution in [0.15, 0.2) is 34.8 Å². The minimum atomic E-state index is 0.373. The van der Waals surface area contributed by atoms with Crippen molar-refractivity contribution in [3.8, 4) is 0 Å². The third-order valence-electron chi connectivity index (χ3n) is 3.11. The van der Waals surface area contributed by atoms with Gasteiger partial charge in [-0.3, -0.25) is 0 Å². The van der Waals surface area contributed by atoms with Gasteiger partial charge in [-0.25, -0.2) is 0 Å². The molecule has 0 saturated carbocycles. The average molecular weight is 324 g/mol. The number of rotatable bonds is 4. The molecule has 0 bridgehead atoms. The van der Waals surface area contributed by atoms with Crippen molar-refractivity contribution < 1.29 is 0 Å². The van der Waals surface area contributed by atoms with Crippen molar-refractivity contribution in [3.63, 3.8) is 0 Å². The minimum absolute atomic E-state index is 0.373. The van der Waals surface area contributed by atoms with Crippen molar-refractivity contribution in [1.29, 1.82) is 0 Å². The van der Waals surface area contributed by atoms with Crippen LogP contribution in [0.5, 0.6) is 0 Å². The first kappa shape index (κ1) is 13.8. The Morgan fingerprint density at radius 1 is 1.22 bits per heavy atom. The molecule has 0 aliphatic rings. The SMILES string of the molecule is Cc1cc(CNC(C)c2ccc(Br)cc2)c(C)s1. The molecule has 3 heteroatoms. The highest BCUT2D eigenvalue weighted by Gasteiger charge is 2.07. The summed E-state index contributed by atoms with van der Waals surface area (Å²) in [4.78, 5) is 2.81. The predicted molar refractivity (Wildman–Crippen MR) is 83.2 cm³/mol. The highest BCUT2D eigenvalue weighted by atomic mass is 79.9. The van der Waals surface area contributed by atoms with Crippen molar-refractivity contribution in [2.24, 2.45) is 0 Å². The highest BCUT2D eigenvalue weighted by Crippen LogP contribution is 2.22. The molecule has 1 heterocycles. The Kier molecular flexibility index (Phi) is 4.60. The Labute approximate surface area is 121 Å². The number of aryl methyl sites for hydroxylation is 2. The highest BCUT2D eigenvalue weighted by molar-refractivity contribution is 9.10. The fourth-order valence-corrected chi connectivity index (χ4v) is 3.20. The predicted octanol–water partition coefficient (Wildman–Crippen LogP) is 4.98. The number of halogens is 1. The molecule has 0 radical (unpaired) electrons. The van der Waals surface area contributed by atoms with E-state index < -0.39 is 0 Å². The zero-order chi connectivity index (χ0) is 13.1. The van der Waals surface area contributed by atoms with Crippen LogP contribution in [0.2, 0.25) is 0 Å². The Balaban J connectivity index is 1.98. The number of nitrogens with one attached hydrogen (secondary N) is 1. The van der Waals surface area contributed by atoms with E-state index in [1.54, 1.807) is 0 Å². The van der Waals surface area contributed by atoms with Gasteiger partial charge in [0.25, 0.3) is 0 Å². The summed E-state index contributed by atoms with van der Waals surface area (Å²) in [6.45, 7) is 7.50. The average Bonchev–Trinajstić information content (AvgIpc) is 2.66. The molecule has 2 rings (SSSR count). The summed E-state index contributed by atoms with van der Waals surface area (Å²) in [5.74, 6) is 0. The Bertz CT molecular complexity index is 516. The summed E-state index contributed by atoms with van der Waals surface area (Å²) in [6.07, 6.45) is 0. The second-order valence-electron chi connectivity index (χ2n) is 4.59. The Morgan fingerprint density at radius 3 is 2.44 bits per heavy atom. The van der Waals surface area contributed by atoms with Crippen LogP contribution in [-0.2, 0) is 6.54 Å².